The molecule has 2 aliphatic heterocycles. The van der Waals surface area contributed by atoms with Crippen LogP contribution in [0.15, 0.2) is 0 Å². The number of aromatic nitrogens is 2. The first kappa shape index (κ1) is 14.7. The molecule has 0 aromatic carbocycles. The van der Waals surface area contributed by atoms with Crippen LogP contribution in [0.3, 0.4) is 0 Å². The fourth-order valence-electron chi connectivity index (χ4n) is 2.94. The maximum atomic E-state index is 5.82. The highest BCUT2D eigenvalue weighted by atomic mass is 16.5. The zero-order valence-corrected chi connectivity index (χ0v) is 12.9. The van der Waals surface area contributed by atoms with Gasteiger partial charge in [-0.25, -0.2) is 9.97 Å². The lowest BCUT2D eigenvalue weighted by Gasteiger charge is -2.24. The summed E-state index contributed by atoms with van der Waals surface area (Å²) in [5, 5.41) is 3.43. The lowest BCUT2D eigenvalue weighted by Crippen LogP contribution is -2.24. The van der Waals surface area contributed by atoms with E-state index < -0.39 is 0 Å². The van der Waals surface area contributed by atoms with E-state index in [0.717, 1.165) is 68.3 Å². The van der Waals surface area contributed by atoms with E-state index in [9.17, 15) is 0 Å². The van der Waals surface area contributed by atoms with Crippen molar-refractivity contribution in [3.8, 4) is 0 Å². The quantitative estimate of drug-likeness (QED) is 0.903. The summed E-state index contributed by atoms with van der Waals surface area (Å²) in [7, 11) is 0. The van der Waals surface area contributed by atoms with Gasteiger partial charge in [0, 0.05) is 31.6 Å². The van der Waals surface area contributed by atoms with Gasteiger partial charge >= 0.3 is 0 Å². The molecule has 0 saturated carbocycles. The number of rotatable bonds is 5. The molecule has 0 amide bonds. The smallest absolute Gasteiger partial charge is 0.135 e. The first-order chi connectivity index (χ1) is 10.4. The second-order valence-electron chi connectivity index (χ2n) is 5.84. The van der Waals surface area contributed by atoms with E-state index >= 15 is 0 Å². The van der Waals surface area contributed by atoms with Crippen LogP contribution in [0.4, 0.5) is 5.82 Å². The molecule has 5 nitrogen and oxygen atoms in total. The Labute approximate surface area is 126 Å². The fraction of sp³-hybridized carbons (Fsp3) is 0.750. The Morgan fingerprint density at radius 2 is 2.19 bits per heavy atom. The summed E-state index contributed by atoms with van der Waals surface area (Å²) >= 11 is 0. The van der Waals surface area contributed by atoms with E-state index in [2.05, 4.69) is 12.2 Å². The summed E-state index contributed by atoms with van der Waals surface area (Å²) in [5.74, 6) is 1.88. The molecule has 1 aromatic rings. The predicted octanol–water partition coefficient (Wildman–Crippen LogP) is 2.48. The second kappa shape index (κ2) is 7.18. The minimum absolute atomic E-state index is 0.288. The average Bonchev–Trinajstić information content (AvgIpc) is 2.53. The number of hydrogen-bond donors (Lipinski definition) is 1. The maximum Gasteiger partial charge on any atom is 0.135 e. The van der Waals surface area contributed by atoms with Crippen molar-refractivity contribution in [2.45, 2.75) is 58.2 Å². The van der Waals surface area contributed by atoms with Gasteiger partial charge < -0.3 is 14.8 Å². The number of nitrogens with zero attached hydrogens (tertiary/aromatic N) is 2. The number of ether oxygens (including phenoxy) is 2. The van der Waals surface area contributed by atoms with Crippen molar-refractivity contribution in [1.82, 2.24) is 9.97 Å². The zero-order chi connectivity index (χ0) is 14.5. The van der Waals surface area contributed by atoms with Gasteiger partial charge in [0.05, 0.1) is 25.0 Å². The molecule has 0 bridgehead atoms. The van der Waals surface area contributed by atoms with Gasteiger partial charge in [0.25, 0.3) is 0 Å². The van der Waals surface area contributed by atoms with Crippen molar-refractivity contribution in [3.63, 3.8) is 0 Å². The molecule has 0 aliphatic carbocycles. The van der Waals surface area contributed by atoms with E-state index in [1.807, 2.05) is 0 Å². The Hall–Kier alpha value is -1.20. The van der Waals surface area contributed by atoms with E-state index in [1.165, 1.54) is 12.8 Å². The van der Waals surface area contributed by atoms with E-state index in [1.54, 1.807) is 0 Å². The molecule has 1 fully saturated rings. The van der Waals surface area contributed by atoms with E-state index in [4.69, 9.17) is 19.4 Å². The van der Waals surface area contributed by atoms with Crippen molar-refractivity contribution in [2.75, 3.05) is 25.1 Å². The summed E-state index contributed by atoms with van der Waals surface area (Å²) in [6, 6.07) is 0. The largest absolute Gasteiger partial charge is 0.378 e. The van der Waals surface area contributed by atoms with Gasteiger partial charge in [-0.15, -0.1) is 0 Å². The topological polar surface area (TPSA) is 56.3 Å². The van der Waals surface area contributed by atoms with Crippen LogP contribution in [0.25, 0.3) is 0 Å². The minimum Gasteiger partial charge on any atom is -0.378 e. The molecule has 3 heterocycles. The van der Waals surface area contributed by atoms with Crippen molar-refractivity contribution < 1.29 is 9.47 Å². The van der Waals surface area contributed by atoms with Crippen LogP contribution in [0.5, 0.6) is 0 Å². The van der Waals surface area contributed by atoms with Crippen LogP contribution in [0.2, 0.25) is 0 Å². The van der Waals surface area contributed by atoms with Gasteiger partial charge in [0.15, 0.2) is 0 Å². The molecule has 1 unspecified atom stereocenters. The molecule has 0 radical (unpaired) electrons. The molecule has 1 saturated heterocycles. The number of fused-ring (bicyclic) bond motifs is 1. The third-order valence-electron chi connectivity index (χ3n) is 4.10. The molecular formula is C16H25N3O2. The Balaban J connectivity index is 1.79. The Bertz CT molecular complexity index is 473. The van der Waals surface area contributed by atoms with Gasteiger partial charge in [-0.3, -0.25) is 0 Å². The monoisotopic (exact) mass is 291 g/mol. The van der Waals surface area contributed by atoms with Gasteiger partial charge in [0.1, 0.15) is 11.6 Å². The van der Waals surface area contributed by atoms with E-state index in [-0.39, 0.29) is 6.10 Å². The highest BCUT2D eigenvalue weighted by Gasteiger charge is 2.21. The lowest BCUT2D eigenvalue weighted by molar-refractivity contribution is 0.0155. The Morgan fingerprint density at radius 3 is 3.00 bits per heavy atom. The van der Waals surface area contributed by atoms with Crippen LogP contribution >= 0.6 is 0 Å². The molecule has 1 atom stereocenters. The number of nitrogens with one attached hydrogen (secondary N) is 1. The van der Waals surface area contributed by atoms with Gasteiger partial charge in [-0.2, -0.15) is 0 Å². The Morgan fingerprint density at radius 1 is 1.24 bits per heavy atom. The summed E-state index contributed by atoms with van der Waals surface area (Å²) < 4.78 is 11.4. The molecule has 1 aromatic heterocycles. The Kier molecular flexibility index (Phi) is 5.04. The van der Waals surface area contributed by atoms with Crippen molar-refractivity contribution in [2.24, 2.45) is 0 Å². The predicted molar refractivity (Wildman–Crippen MR) is 81.5 cm³/mol. The molecule has 116 valence electrons. The van der Waals surface area contributed by atoms with Crippen molar-refractivity contribution >= 4 is 5.82 Å². The summed E-state index contributed by atoms with van der Waals surface area (Å²) in [5.41, 5.74) is 2.30. The van der Waals surface area contributed by atoms with Crippen LogP contribution in [0.1, 0.15) is 49.7 Å². The SMILES string of the molecule is CCCNc1nc(CC2CCCCO2)nc2c1COCC2. The molecule has 21 heavy (non-hydrogen) atoms. The van der Waals surface area contributed by atoms with Crippen LogP contribution in [0, 0.1) is 0 Å². The normalized spacial score (nSPS) is 21.9. The van der Waals surface area contributed by atoms with Gasteiger partial charge in [0.2, 0.25) is 0 Å². The number of hydrogen-bond acceptors (Lipinski definition) is 5. The fourth-order valence-corrected chi connectivity index (χ4v) is 2.94. The first-order valence-corrected chi connectivity index (χ1v) is 8.18. The molecule has 3 rings (SSSR count). The third kappa shape index (κ3) is 3.71. The molecule has 1 N–H and O–H groups in total. The standard InChI is InChI=1S/C16H25N3O2/c1-2-7-17-16-13-11-20-9-6-14(13)18-15(19-16)10-12-5-3-4-8-21-12/h12H,2-11H2,1H3,(H,17,18,19). The van der Waals surface area contributed by atoms with Gasteiger partial charge in [-0.1, -0.05) is 6.92 Å². The summed E-state index contributed by atoms with van der Waals surface area (Å²) in [4.78, 5) is 9.50. The molecule has 0 spiro atoms. The molecular weight excluding hydrogens is 266 g/mol. The number of anilines is 1. The highest BCUT2D eigenvalue weighted by molar-refractivity contribution is 5.47. The van der Waals surface area contributed by atoms with Crippen LogP contribution in [-0.4, -0.2) is 35.8 Å². The molecule has 5 heteroatoms. The van der Waals surface area contributed by atoms with Crippen molar-refractivity contribution in [3.05, 3.63) is 17.1 Å². The van der Waals surface area contributed by atoms with Gasteiger partial charge in [-0.05, 0) is 25.7 Å². The second-order valence-corrected chi connectivity index (χ2v) is 5.84. The van der Waals surface area contributed by atoms with E-state index in [0.29, 0.717) is 6.61 Å². The minimum atomic E-state index is 0.288. The average molecular weight is 291 g/mol. The maximum absolute atomic E-state index is 5.82. The summed E-state index contributed by atoms with van der Waals surface area (Å²) in [6.07, 6.45) is 6.65. The highest BCUT2D eigenvalue weighted by Crippen LogP contribution is 2.24. The molecule has 2 aliphatic rings. The zero-order valence-electron chi connectivity index (χ0n) is 12.9. The van der Waals surface area contributed by atoms with Crippen molar-refractivity contribution in [1.29, 1.82) is 0 Å². The van der Waals surface area contributed by atoms with Crippen LogP contribution < -0.4 is 5.32 Å². The lowest BCUT2D eigenvalue weighted by atomic mass is 10.1. The van der Waals surface area contributed by atoms with Crippen LogP contribution in [-0.2, 0) is 28.9 Å². The third-order valence-corrected chi connectivity index (χ3v) is 4.10. The summed E-state index contributed by atoms with van der Waals surface area (Å²) in [6.45, 7) is 5.36. The first-order valence-electron chi connectivity index (χ1n) is 8.18.